The highest BCUT2D eigenvalue weighted by molar-refractivity contribution is 9.10. The van der Waals surface area contributed by atoms with E-state index in [0.717, 1.165) is 35.0 Å². The minimum Gasteiger partial charge on any atom is -0.366 e. The van der Waals surface area contributed by atoms with E-state index in [1.807, 2.05) is 18.2 Å². The summed E-state index contributed by atoms with van der Waals surface area (Å²) >= 11 is 3.40. The van der Waals surface area contributed by atoms with Gasteiger partial charge in [0, 0.05) is 22.2 Å². The fourth-order valence-corrected chi connectivity index (χ4v) is 4.77. The van der Waals surface area contributed by atoms with E-state index >= 15 is 0 Å². The average Bonchev–Trinajstić information content (AvgIpc) is 2.66. The number of nitrogens with one attached hydrogen (secondary N) is 1. The molecular formula is C24H30BrN3O. The van der Waals surface area contributed by atoms with Gasteiger partial charge in [0.25, 0.3) is 5.91 Å². The lowest BCUT2D eigenvalue weighted by Crippen LogP contribution is -2.48. The summed E-state index contributed by atoms with van der Waals surface area (Å²) in [5, 5.41) is 4.22. The van der Waals surface area contributed by atoms with Gasteiger partial charge in [0.05, 0.1) is 11.8 Å². The summed E-state index contributed by atoms with van der Waals surface area (Å²) in [6, 6.07) is 11.8. The number of benzene rings is 2. The second kappa shape index (κ2) is 8.70. The van der Waals surface area contributed by atoms with Crippen molar-refractivity contribution < 1.29 is 4.79 Å². The van der Waals surface area contributed by atoms with Crippen molar-refractivity contribution >= 4 is 33.7 Å². The minimum absolute atomic E-state index is 0.154. The zero-order valence-corrected chi connectivity index (χ0v) is 19.5. The Bertz CT molecular complexity index is 936. The maximum Gasteiger partial charge on any atom is 0.272 e. The maximum absolute atomic E-state index is 12.4. The van der Waals surface area contributed by atoms with Crippen molar-refractivity contribution in [2.24, 2.45) is 5.10 Å². The van der Waals surface area contributed by atoms with Gasteiger partial charge in [0.2, 0.25) is 0 Å². The highest BCUT2D eigenvalue weighted by Gasteiger charge is 2.36. The Morgan fingerprint density at radius 3 is 2.76 bits per heavy atom. The topological polar surface area (TPSA) is 44.7 Å². The smallest absolute Gasteiger partial charge is 0.272 e. The summed E-state index contributed by atoms with van der Waals surface area (Å²) in [5.41, 5.74) is 8.26. The van der Waals surface area contributed by atoms with Gasteiger partial charge in [-0.15, -0.1) is 0 Å². The molecule has 0 bridgehead atoms. The molecule has 0 aliphatic carbocycles. The van der Waals surface area contributed by atoms with Crippen LogP contribution in [0.15, 0.2) is 46.0 Å². The fourth-order valence-electron chi connectivity index (χ4n) is 4.30. The van der Waals surface area contributed by atoms with E-state index < -0.39 is 0 Å². The predicted molar refractivity (Wildman–Crippen MR) is 125 cm³/mol. The quantitative estimate of drug-likeness (QED) is 0.442. The van der Waals surface area contributed by atoms with E-state index in [0.29, 0.717) is 11.5 Å². The molecule has 2 aromatic carbocycles. The van der Waals surface area contributed by atoms with Crippen molar-refractivity contribution in [1.29, 1.82) is 0 Å². The highest BCUT2D eigenvalue weighted by Crippen LogP contribution is 2.44. The third kappa shape index (κ3) is 4.55. The number of hydrogen-bond acceptors (Lipinski definition) is 3. The Morgan fingerprint density at radius 2 is 2.07 bits per heavy atom. The molecule has 0 fully saturated rings. The van der Waals surface area contributed by atoms with E-state index in [4.69, 9.17) is 0 Å². The summed E-state index contributed by atoms with van der Waals surface area (Å²) in [4.78, 5) is 14.9. The minimum atomic E-state index is -0.228. The first-order valence-corrected chi connectivity index (χ1v) is 11.0. The molecule has 5 heteroatoms. The zero-order chi connectivity index (χ0) is 21.2. The van der Waals surface area contributed by atoms with Crippen molar-refractivity contribution in [1.82, 2.24) is 5.43 Å². The number of nitrogens with zero attached hydrogens (tertiary/aromatic N) is 2. The molecule has 1 aliphatic heterocycles. The number of halogens is 1. The molecule has 0 radical (unpaired) electrons. The van der Waals surface area contributed by atoms with Crippen LogP contribution in [0.3, 0.4) is 0 Å². The highest BCUT2D eigenvalue weighted by atomic mass is 79.9. The number of amides is 1. The second-order valence-electron chi connectivity index (χ2n) is 8.52. The van der Waals surface area contributed by atoms with Crippen LogP contribution in [0.2, 0.25) is 0 Å². The van der Waals surface area contributed by atoms with Crippen LogP contribution >= 0.6 is 15.9 Å². The first-order valence-electron chi connectivity index (χ1n) is 10.2. The van der Waals surface area contributed by atoms with Crippen molar-refractivity contribution in [2.45, 2.75) is 58.9 Å². The predicted octanol–water partition coefficient (Wildman–Crippen LogP) is 6.02. The van der Waals surface area contributed by atoms with Crippen molar-refractivity contribution in [3.63, 3.8) is 0 Å². The van der Waals surface area contributed by atoms with E-state index in [1.165, 1.54) is 11.3 Å². The monoisotopic (exact) mass is 455 g/mol. The van der Waals surface area contributed by atoms with Crippen LogP contribution in [-0.2, 0) is 0 Å². The lowest BCUT2D eigenvalue weighted by atomic mass is 9.79. The Balaban J connectivity index is 1.85. The van der Waals surface area contributed by atoms with Crippen molar-refractivity contribution in [3.8, 4) is 0 Å². The Morgan fingerprint density at radius 1 is 1.34 bits per heavy atom. The Hall–Kier alpha value is -2.14. The number of anilines is 1. The van der Waals surface area contributed by atoms with Gasteiger partial charge >= 0.3 is 0 Å². The Kier molecular flexibility index (Phi) is 6.47. The standard InChI is InChI=1S/C24H30BrN3O/c1-6-11-28-22-12-16(2)18(13-20(22)17(3)14-24(28,4)5)15-26-27-23(29)19-9-7-8-10-21(19)25/h7-10,12-13,15,17H,6,11,14H2,1-5H3,(H,27,29)/b26-15-. The summed E-state index contributed by atoms with van der Waals surface area (Å²) < 4.78 is 0.755. The molecule has 3 rings (SSSR count). The Labute approximate surface area is 182 Å². The number of carbonyl (C=O) groups excluding carboxylic acids is 1. The molecule has 2 aromatic rings. The molecule has 0 spiro atoms. The number of hydrogen-bond donors (Lipinski definition) is 1. The van der Waals surface area contributed by atoms with Gasteiger partial charge < -0.3 is 4.90 Å². The van der Waals surface area contributed by atoms with Crippen LogP contribution in [0.1, 0.15) is 73.5 Å². The molecule has 0 saturated carbocycles. The zero-order valence-electron chi connectivity index (χ0n) is 17.9. The number of rotatable bonds is 5. The van der Waals surface area contributed by atoms with E-state index in [1.54, 1.807) is 12.3 Å². The van der Waals surface area contributed by atoms with Gasteiger partial charge in [-0.1, -0.05) is 26.0 Å². The summed E-state index contributed by atoms with van der Waals surface area (Å²) in [7, 11) is 0. The normalized spacial score (nSPS) is 18.0. The van der Waals surface area contributed by atoms with Gasteiger partial charge in [0.1, 0.15) is 0 Å². The van der Waals surface area contributed by atoms with Crippen LogP contribution in [0.25, 0.3) is 0 Å². The van der Waals surface area contributed by atoms with Gasteiger partial charge in [-0.05, 0) is 96.4 Å². The molecule has 29 heavy (non-hydrogen) atoms. The molecule has 4 nitrogen and oxygen atoms in total. The molecule has 1 N–H and O–H groups in total. The molecular weight excluding hydrogens is 426 g/mol. The maximum atomic E-state index is 12.4. The van der Waals surface area contributed by atoms with Crippen LogP contribution in [0.4, 0.5) is 5.69 Å². The first kappa shape index (κ1) is 21.6. The van der Waals surface area contributed by atoms with Crippen LogP contribution in [-0.4, -0.2) is 24.2 Å². The van der Waals surface area contributed by atoms with Crippen LogP contribution < -0.4 is 10.3 Å². The van der Waals surface area contributed by atoms with E-state index in [-0.39, 0.29) is 11.4 Å². The largest absolute Gasteiger partial charge is 0.366 e. The van der Waals surface area contributed by atoms with Gasteiger partial charge in [-0.2, -0.15) is 5.10 Å². The number of carbonyl (C=O) groups is 1. The molecule has 1 amide bonds. The number of fused-ring (bicyclic) bond motifs is 1. The van der Waals surface area contributed by atoms with Crippen molar-refractivity contribution in [2.75, 3.05) is 11.4 Å². The third-order valence-corrected chi connectivity index (χ3v) is 6.40. The fraction of sp³-hybridized carbons (Fsp3) is 0.417. The molecule has 0 saturated heterocycles. The number of aryl methyl sites for hydroxylation is 1. The van der Waals surface area contributed by atoms with E-state index in [9.17, 15) is 4.79 Å². The SMILES string of the molecule is CCCN1c2cc(C)c(/C=N\NC(=O)c3ccccc3Br)cc2C(C)CC1(C)C. The molecule has 1 atom stereocenters. The summed E-state index contributed by atoms with van der Waals surface area (Å²) in [6.07, 6.45) is 4.00. The van der Waals surface area contributed by atoms with Crippen LogP contribution in [0, 0.1) is 6.92 Å². The summed E-state index contributed by atoms with van der Waals surface area (Å²) in [5.74, 6) is 0.254. The molecule has 1 heterocycles. The number of hydrazone groups is 1. The summed E-state index contributed by atoms with van der Waals surface area (Å²) in [6.45, 7) is 12.4. The van der Waals surface area contributed by atoms with Gasteiger partial charge in [-0.25, -0.2) is 5.43 Å². The lowest BCUT2D eigenvalue weighted by Gasteiger charge is -2.48. The van der Waals surface area contributed by atoms with Gasteiger partial charge in [-0.3, -0.25) is 4.79 Å². The molecule has 1 unspecified atom stereocenters. The third-order valence-electron chi connectivity index (χ3n) is 5.71. The van der Waals surface area contributed by atoms with Crippen LogP contribution in [0.5, 0.6) is 0 Å². The average molecular weight is 456 g/mol. The van der Waals surface area contributed by atoms with E-state index in [2.05, 4.69) is 78.1 Å². The molecule has 154 valence electrons. The molecule has 0 aromatic heterocycles. The first-order chi connectivity index (χ1) is 13.7. The van der Waals surface area contributed by atoms with Crippen molar-refractivity contribution in [3.05, 3.63) is 63.1 Å². The second-order valence-corrected chi connectivity index (χ2v) is 9.37. The van der Waals surface area contributed by atoms with Gasteiger partial charge in [0.15, 0.2) is 0 Å². The lowest BCUT2D eigenvalue weighted by molar-refractivity contribution is 0.0954. The molecule has 1 aliphatic rings.